The zero-order chi connectivity index (χ0) is 26.2. The maximum atomic E-state index is 13.2. The van der Waals surface area contributed by atoms with Crippen LogP contribution in [0.2, 0.25) is 0 Å². The SMILES string of the molecule is O=C(NCc1cc(-c2ccc(C(F)(F)F)cn2)ccn1)[C@@H]1CCCN1S(=O)(=O)c1cc2ccccc2o1. The monoisotopic (exact) mass is 530 g/mol. The second-order valence-corrected chi connectivity index (χ2v) is 10.4. The van der Waals surface area contributed by atoms with Crippen molar-refractivity contribution in [3.8, 4) is 11.3 Å². The lowest BCUT2D eigenvalue weighted by Crippen LogP contribution is -2.45. The van der Waals surface area contributed by atoms with Crippen molar-refractivity contribution < 1.29 is 30.8 Å². The molecule has 0 bridgehead atoms. The van der Waals surface area contributed by atoms with E-state index in [0.29, 0.717) is 40.8 Å². The average molecular weight is 531 g/mol. The van der Waals surface area contributed by atoms with E-state index in [0.717, 1.165) is 16.6 Å². The average Bonchev–Trinajstić information content (AvgIpc) is 3.55. The minimum Gasteiger partial charge on any atom is -0.443 e. The molecular formula is C25H21F3N4O4S. The molecule has 0 saturated carbocycles. The van der Waals surface area contributed by atoms with Crippen LogP contribution in [0.4, 0.5) is 13.2 Å². The summed E-state index contributed by atoms with van der Waals surface area (Å²) < 4.78 is 71.6. The fourth-order valence-corrected chi connectivity index (χ4v) is 5.86. The maximum absolute atomic E-state index is 13.2. The first-order valence-corrected chi connectivity index (χ1v) is 12.8. The molecule has 0 spiro atoms. The number of alkyl halides is 3. The van der Waals surface area contributed by atoms with Crippen molar-refractivity contribution in [2.24, 2.45) is 0 Å². The molecule has 1 fully saturated rings. The van der Waals surface area contributed by atoms with Crippen LogP contribution in [0.1, 0.15) is 24.1 Å². The second kappa shape index (κ2) is 9.60. The lowest BCUT2D eigenvalue weighted by molar-refractivity contribution is -0.137. The van der Waals surface area contributed by atoms with Crippen LogP contribution in [0, 0.1) is 0 Å². The van der Waals surface area contributed by atoms with Gasteiger partial charge >= 0.3 is 6.18 Å². The van der Waals surface area contributed by atoms with Crippen molar-refractivity contribution in [2.45, 2.75) is 36.7 Å². The lowest BCUT2D eigenvalue weighted by atomic mass is 10.1. The lowest BCUT2D eigenvalue weighted by Gasteiger charge is -2.22. The standard InChI is InChI=1S/C25H21F3N4O4S/c26-25(27,28)18-7-8-20(30-14-18)16-9-10-29-19(12-16)15-31-24(33)21-5-3-11-32(21)37(34,35)23-13-17-4-1-2-6-22(17)36-23/h1-2,4,6-10,12-14,21H,3,5,11,15H2,(H,31,33)/t21-/m0/s1. The van der Waals surface area contributed by atoms with Gasteiger partial charge in [-0.3, -0.25) is 14.8 Å². The third-order valence-electron chi connectivity index (χ3n) is 6.12. The Balaban J connectivity index is 1.28. The van der Waals surface area contributed by atoms with Gasteiger partial charge in [0.05, 0.1) is 23.5 Å². The molecule has 0 aliphatic carbocycles. The molecular weight excluding hydrogens is 509 g/mol. The van der Waals surface area contributed by atoms with E-state index in [1.54, 1.807) is 36.4 Å². The largest absolute Gasteiger partial charge is 0.443 e. The highest BCUT2D eigenvalue weighted by atomic mass is 32.2. The molecule has 12 heteroatoms. The van der Waals surface area contributed by atoms with Crippen molar-refractivity contribution >= 4 is 26.9 Å². The van der Waals surface area contributed by atoms with Crippen molar-refractivity contribution in [3.05, 3.63) is 78.2 Å². The number of para-hydroxylation sites is 1. The molecule has 37 heavy (non-hydrogen) atoms. The van der Waals surface area contributed by atoms with E-state index in [-0.39, 0.29) is 18.2 Å². The summed E-state index contributed by atoms with van der Waals surface area (Å²) in [5, 5.41) is 3.15. The quantitative estimate of drug-likeness (QED) is 0.397. The predicted octanol–water partition coefficient (Wildman–Crippen LogP) is 4.38. The summed E-state index contributed by atoms with van der Waals surface area (Å²) in [6, 6.07) is 12.9. The van der Waals surface area contributed by atoms with Gasteiger partial charge in [-0.1, -0.05) is 18.2 Å². The number of amides is 1. The van der Waals surface area contributed by atoms with Gasteiger partial charge in [-0.2, -0.15) is 17.5 Å². The number of furan rings is 1. The number of sulfonamides is 1. The smallest absolute Gasteiger partial charge is 0.417 e. The third-order valence-corrected chi connectivity index (χ3v) is 7.88. The van der Waals surface area contributed by atoms with Crippen LogP contribution in [0.5, 0.6) is 0 Å². The molecule has 1 N–H and O–H groups in total. The van der Waals surface area contributed by atoms with Crippen LogP contribution in [-0.4, -0.2) is 41.2 Å². The number of pyridine rings is 2. The number of hydrogen-bond acceptors (Lipinski definition) is 6. The number of fused-ring (bicyclic) bond motifs is 1. The Morgan fingerprint density at radius 3 is 2.65 bits per heavy atom. The molecule has 1 aliphatic heterocycles. The number of halogens is 3. The molecule has 1 amide bonds. The number of carbonyl (C=O) groups excluding carboxylic acids is 1. The summed E-state index contributed by atoms with van der Waals surface area (Å²) >= 11 is 0. The summed E-state index contributed by atoms with van der Waals surface area (Å²) in [4.78, 5) is 21.0. The van der Waals surface area contributed by atoms with Gasteiger partial charge in [0, 0.05) is 36.0 Å². The molecule has 0 unspecified atom stereocenters. The van der Waals surface area contributed by atoms with Crippen molar-refractivity contribution in [1.29, 1.82) is 0 Å². The van der Waals surface area contributed by atoms with Crippen LogP contribution in [-0.2, 0) is 27.5 Å². The van der Waals surface area contributed by atoms with Gasteiger partial charge in [-0.05, 0) is 43.2 Å². The van der Waals surface area contributed by atoms with Crippen LogP contribution in [0.3, 0.4) is 0 Å². The summed E-state index contributed by atoms with van der Waals surface area (Å²) in [7, 11) is -4.03. The first-order valence-electron chi connectivity index (χ1n) is 11.4. The van der Waals surface area contributed by atoms with Crippen molar-refractivity contribution in [3.63, 3.8) is 0 Å². The molecule has 1 atom stereocenters. The molecule has 0 radical (unpaired) electrons. The van der Waals surface area contributed by atoms with Gasteiger partial charge in [0.1, 0.15) is 11.6 Å². The molecule has 1 aromatic carbocycles. The van der Waals surface area contributed by atoms with E-state index in [1.807, 2.05) is 0 Å². The third kappa shape index (κ3) is 5.07. The Kier molecular flexibility index (Phi) is 6.46. The topological polar surface area (TPSA) is 105 Å². The number of carbonyl (C=O) groups is 1. The van der Waals surface area contributed by atoms with Gasteiger partial charge in [-0.15, -0.1) is 0 Å². The molecule has 4 heterocycles. The molecule has 192 valence electrons. The summed E-state index contributed by atoms with van der Waals surface area (Å²) in [6.45, 7) is 0.188. The minimum absolute atomic E-state index is 0.00231. The molecule has 5 rings (SSSR count). The Morgan fingerprint density at radius 2 is 1.92 bits per heavy atom. The molecule has 4 aromatic rings. The zero-order valence-corrected chi connectivity index (χ0v) is 20.1. The normalized spacial score (nSPS) is 16.8. The molecule has 8 nitrogen and oxygen atoms in total. The van der Waals surface area contributed by atoms with E-state index in [2.05, 4.69) is 15.3 Å². The van der Waals surface area contributed by atoms with E-state index in [4.69, 9.17) is 4.42 Å². The van der Waals surface area contributed by atoms with Gasteiger partial charge in [-0.25, -0.2) is 8.42 Å². The van der Waals surface area contributed by atoms with Gasteiger partial charge in [0.15, 0.2) is 0 Å². The molecule has 1 saturated heterocycles. The number of rotatable bonds is 6. The van der Waals surface area contributed by atoms with Crippen molar-refractivity contribution in [1.82, 2.24) is 19.6 Å². The van der Waals surface area contributed by atoms with E-state index in [9.17, 15) is 26.4 Å². The fraction of sp³-hybridized carbons (Fsp3) is 0.240. The van der Waals surface area contributed by atoms with Crippen LogP contribution in [0.25, 0.3) is 22.2 Å². The number of benzene rings is 1. The summed E-state index contributed by atoms with van der Waals surface area (Å²) in [5.74, 6) is -0.475. The van der Waals surface area contributed by atoms with E-state index < -0.39 is 33.7 Å². The maximum Gasteiger partial charge on any atom is 0.417 e. The second-order valence-electron chi connectivity index (χ2n) is 8.56. The first-order chi connectivity index (χ1) is 17.6. The van der Waals surface area contributed by atoms with Gasteiger partial charge < -0.3 is 9.73 Å². The Morgan fingerprint density at radius 1 is 1.11 bits per heavy atom. The number of aromatic nitrogens is 2. The van der Waals surface area contributed by atoms with Crippen molar-refractivity contribution in [2.75, 3.05) is 6.54 Å². The molecule has 1 aliphatic rings. The van der Waals surface area contributed by atoms with E-state index >= 15 is 0 Å². The number of nitrogens with one attached hydrogen (secondary N) is 1. The van der Waals surface area contributed by atoms with Crippen LogP contribution < -0.4 is 5.32 Å². The summed E-state index contributed by atoms with van der Waals surface area (Å²) in [5.41, 5.74) is 0.883. The minimum atomic E-state index is -4.48. The van der Waals surface area contributed by atoms with E-state index in [1.165, 1.54) is 18.3 Å². The highest BCUT2D eigenvalue weighted by Crippen LogP contribution is 2.31. The Hall–Kier alpha value is -3.77. The Bertz CT molecular complexity index is 1520. The van der Waals surface area contributed by atoms with Gasteiger partial charge in [0.25, 0.3) is 10.0 Å². The fourth-order valence-electron chi connectivity index (χ4n) is 4.25. The summed E-state index contributed by atoms with van der Waals surface area (Å²) in [6.07, 6.45) is -1.39. The van der Waals surface area contributed by atoms with Crippen LogP contribution in [0.15, 0.2) is 76.5 Å². The van der Waals surface area contributed by atoms with Crippen LogP contribution >= 0.6 is 0 Å². The predicted molar refractivity (Wildman–Crippen MR) is 127 cm³/mol. The molecule has 3 aromatic heterocycles. The highest BCUT2D eigenvalue weighted by Gasteiger charge is 2.41. The first kappa shape index (κ1) is 24.9. The number of nitrogens with zero attached hydrogens (tertiary/aromatic N) is 3. The Labute approximate surface area is 210 Å². The van der Waals surface area contributed by atoms with Gasteiger partial charge in [0.2, 0.25) is 11.0 Å². The zero-order valence-electron chi connectivity index (χ0n) is 19.3. The number of hydrogen-bond donors (Lipinski definition) is 1. The highest BCUT2D eigenvalue weighted by molar-refractivity contribution is 7.89.